The lowest BCUT2D eigenvalue weighted by Crippen LogP contribution is -2.27. The number of hydrogen-bond acceptors (Lipinski definition) is 7. The summed E-state index contributed by atoms with van der Waals surface area (Å²) >= 11 is 4.81. The smallest absolute Gasteiger partial charge is 0.226 e. The van der Waals surface area contributed by atoms with E-state index in [1.165, 1.54) is 11.8 Å². The zero-order valence-electron chi connectivity index (χ0n) is 11.9. The Balaban J connectivity index is 1.64. The van der Waals surface area contributed by atoms with Gasteiger partial charge in [0, 0.05) is 17.7 Å². The largest absolute Gasteiger partial charge is 0.355 e. The predicted octanol–water partition coefficient (Wildman–Crippen LogP) is 2.13. The molecule has 0 atom stereocenters. The lowest BCUT2D eigenvalue weighted by molar-refractivity contribution is -0.120. The van der Waals surface area contributed by atoms with Crippen LogP contribution in [0.5, 0.6) is 0 Å². The summed E-state index contributed by atoms with van der Waals surface area (Å²) in [6.45, 7) is 4.54. The van der Waals surface area contributed by atoms with E-state index in [9.17, 15) is 4.79 Å². The van der Waals surface area contributed by atoms with Crippen molar-refractivity contribution in [3.63, 3.8) is 0 Å². The number of aromatic amines is 1. The zero-order chi connectivity index (χ0) is 15.1. The molecule has 0 saturated heterocycles. The molecule has 0 unspecified atom stereocenters. The average molecular weight is 344 g/mol. The van der Waals surface area contributed by atoms with Gasteiger partial charge in [-0.25, -0.2) is 9.97 Å². The Hall–Kier alpha value is -1.06. The van der Waals surface area contributed by atoms with E-state index in [2.05, 4.69) is 32.4 Å². The van der Waals surface area contributed by atoms with Gasteiger partial charge in [0.2, 0.25) is 11.1 Å². The van der Waals surface area contributed by atoms with E-state index in [0.29, 0.717) is 18.1 Å². The van der Waals surface area contributed by atoms with Crippen LogP contribution in [-0.4, -0.2) is 44.1 Å². The zero-order valence-corrected chi connectivity index (χ0v) is 14.3. The van der Waals surface area contributed by atoms with E-state index in [4.69, 9.17) is 0 Å². The van der Waals surface area contributed by atoms with Crippen LogP contribution in [0.25, 0.3) is 0 Å². The molecule has 0 aliphatic carbocycles. The Bertz CT molecular complexity index is 583. The van der Waals surface area contributed by atoms with Gasteiger partial charge in [-0.3, -0.25) is 9.89 Å². The lowest BCUT2D eigenvalue weighted by atomic mass is 10.3. The van der Waals surface area contributed by atoms with E-state index >= 15 is 0 Å². The van der Waals surface area contributed by atoms with E-state index in [1.54, 1.807) is 23.1 Å². The standard InChI is InChI=1S/C12H17N5OS3/c1-3-19-12-15-9(7-21-12)6-10(18)13-4-5-20-11-14-8(2)16-17-11/h7H,3-6H2,1-2H3,(H,13,18)(H,14,16,17). The number of thiazole rings is 1. The molecule has 2 aromatic heterocycles. The van der Waals surface area contributed by atoms with Crippen LogP contribution in [0.15, 0.2) is 14.9 Å². The fraction of sp³-hybridized carbons (Fsp3) is 0.500. The van der Waals surface area contributed by atoms with Gasteiger partial charge in [-0.05, 0) is 12.7 Å². The van der Waals surface area contributed by atoms with Crippen molar-refractivity contribution in [3.8, 4) is 0 Å². The maximum Gasteiger partial charge on any atom is 0.226 e. The van der Waals surface area contributed by atoms with Crippen molar-refractivity contribution in [1.29, 1.82) is 0 Å². The molecule has 0 fully saturated rings. The molecule has 0 spiro atoms. The number of carbonyl (C=O) groups is 1. The second-order valence-corrected chi connectivity index (χ2v) is 7.55. The summed E-state index contributed by atoms with van der Waals surface area (Å²) in [7, 11) is 0. The number of nitrogens with one attached hydrogen (secondary N) is 2. The van der Waals surface area contributed by atoms with Gasteiger partial charge in [-0.1, -0.05) is 30.4 Å². The Morgan fingerprint density at radius 3 is 3.00 bits per heavy atom. The Morgan fingerprint density at radius 1 is 1.43 bits per heavy atom. The number of carbonyl (C=O) groups excluding carboxylic acids is 1. The van der Waals surface area contributed by atoms with Gasteiger partial charge in [0.15, 0.2) is 0 Å². The third-order valence-electron chi connectivity index (χ3n) is 2.37. The summed E-state index contributed by atoms with van der Waals surface area (Å²) in [5.74, 6) is 2.54. The molecule has 1 amide bonds. The van der Waals surface area contributed by atoms with Crippen molar-refractivity contribution in [2.45, 2.75) is 29.8 Å². The lowest BCUT2D eigenvalue weighted by Gasteiger charge is -2.02. The minimum atomic E-state index is 0.000107. The number of aryl methyl sites for hydroxylation is 1. The molecule has 0 aliphatic rings. The molecule has 2 aromatic rings. The minimum absolute atomic E-state index is 0.000107. The number of hydrogen-bond donors (Lipinski definition) is 2. The van der Waals surface area contributed by atoms with Crippen molar-refractivity contribution >= 4 is 40.8 Å². The maximum atomic E-state index is 11.8. The Labute approximate surface area is 135 Å². The monoisotopic (exact) mass is 343 g/mol. The maximum absolute atomic E-state index is 11.8. The number of H-pyrrole nitrogens is 1. The molecule has 2 heterocycles. The predicted molar refractivity (Wildman–Crippen MR) is 87.1 cm³/mol. The molecular weight excluding hydrogens is 326 g/mol. The molecule has 2 rings (SSSR count). The summed E-state index contributed by atoms with van der Waals surface area (Å²) in [6.07, 6.45) is 0.338. The molecule has 9 heteroatoms. The Morgan fingerprint density at radius 2 is 2.29 bits per heavy atom. The third kappa shape index (κ3) is 5.68. The highest BCUT2D eigenvalue weighted by Crippen LogP contribution is 2.22. The van der Waals surface area contributed by atoms with Gasteiger partial charge in [0.1, 0.15) is 10.2 Å². The normalized spacial score (nSPS) is 10.8. The number of thioether (sulfide) groups is 2. The first-order valence-electron chi connectivity index (χ1n) is 6.53. The fourth-order valence-electron chi connectivity index (χ4n) is 1.51. The SMILES string of the molecule is CCSc1nc(CC(=O)NCCSc2n[nH]c(C)n2)cs1. The van der Waals surface area contributed by atoms with Crippen molar-refractivity contribution in [1.82, 2.24) is 25.5 Å². The van der Waals surface area contributed by atoms with E-state index in [-0.39, 0.29) is 5.91 Å². The fourth-order valence-corrected chi connectivity index (χ4v) is 3.95. The first kappa shape index (κ1) is 16.3. The van der Waals surface area contributed by atoms with Crippen LogP contribution in [0.4, 0.5) is 0 Å². The first-order valence-corrected chi connectivity index (χ1v) is 9.38. The summed E-state index contributed by atoms with van der Waals surface area (Å²) in [5.41, 5.74) is 0.839. The van der Waals surface area contributed by atoms with Crippen molar-refractivity contribution in [3.05, 3.63) is 16.9 Å². The number of nitrogens with zero attached hydrogens (tertiary/aromatic N) is 3. The highest BCUT2D eigenvalue weighted by Gasteiger charge is 2.08. The molecule has 114 valence electrons. The Kier molecular flexibility index (Phi) is 6.52. The van der Waals surface area contributed by atoms with Gasteiger partial charge in [0.05, 0.1) is 12.1 Å². The summed E-state index contributed by atoms with van der Waals surface area (Å²) in [4.78, 5) is 20.4. The van der Waals surface area contributed by atoms with Crippen molar-refractivity contribution < 1.29 is 4.79 Å². The molecule has 0 bridgehead atoms. The molecule has 0 saturated carbocycles. The number of rotatable bonds is 8. The number of aromatic nitrogens is 4. The van der Waals surface area contributed by atoms with Gasteiger partial charge in [0.25, 0.3) is 0 Å². The van der Waals surface area contributed by atoms with Crippen LogP contribution in [0.1, 0.15) is 18.4 Å². The van der Waals surface area contributed by atoms with Crippen LogP contribution in [0.3, 0.4) is 0 Å². The molecule has 0 aliphatic heterocycles. The summed E-state index contributed by atoms with van der Waals surface area (Å²) in [5, 5.41) is 12.3. The minimum Gasteiger partial charge on any atom is -0.355 e. The topological polar surface area (TPSA) is 83.6 Å². The average Bonchev–Trinajstić information content (AvgIpc) is 3.05. The molecule has 21 heavy (non-hydrogen) atoms. The van der Waals surface area contributed by atoms with Crippen molar-refractivity contribution in [2.75, 3.05) is 18.1 Å². The summed E-state index contributed by atoms with van der Waals surface area (Å²) in [6, 6.07) is 0. The number of amides is 1. The first-order chi connectivity index (χ1) is 10.2. The van der Waals surface area contributed by atoms with Gasteiger partial charge in [-0.2, -0.15) is 0 Å². The highest BCUT2D eigenvalue weighted by molar-refractivity contribution is 8.01. The van der Waals surface area contributed by atoms with Crippen LogP contribution in [0, 0.1) is 6.92 Å². The third-order valence-corrected chi connectivity index (χ3v) is 5.17. The van der Waals surface area contributed by atoms with E-state index in [0.717, 1.165) is 27.4 Å². The van der Waals surface area contributed by atoms with Crippen LogP contribution in [0.2, 0.25) is 0 Å². The molecular formula is C12H17N5OS3. The van der Waals surface area contributed by atoms with Gasteiger partial charge in [-0.15, -0.1) is 16.4 Å². The summed E-state index contributed by atoms with van der Waals surface area (Å²) < 4.78 is 1.02. The molecule has 0 aromatic carbocycles. The van der Waals surface area contributed by atoms with Gasteiger partial charge >= 0.3 is 0 Å². The van der Waals surface area contributed by atoms with E-state index in [1.807, 2.05) is 12.3 Å². The van der Waals surface area contributed by atoms with Crippen LogP contribution in [-0.2, 0) is 11.2 Å². The van der Waals surface area contributed by atoms with Crippen LogP contribution < -0.4 is 5.32 Å². The second kappa shape index (κ2) is 8.40. The molecule has 6 nitrogen and oxygen atoms in total. The highest BCUT2D eigenvalue weighted by atomic mass is 32.2. The van der Waals surface area contributed by atoms with Gasteiger partial charge < -0.3 is 5.32 Å². The van der Waals surface area contributed by atoms with E-state index < -0.39 is 0 Å². The second-order valence-electron chi connectivity index (χ2n) is 4.12. The molecule has 2 N–H and O–H groups in total. The van der Waals surface area contributed by atoms with Crippen LogP contribution >= 0.6 is 34.9 Å². The quantitative estimate of drug-likeness (QED) is 0.564. The molecule has 0 radical (unpaired) electrons. The van der Waals surface area contributed by atoms with Crippen molar-refractivity contribution in [2.24, 2.45) is 0 Å².